The van der Waals surface area contributed by atoms with Crippen LogP contribution in [0.2, 0.25) is 0 Å². The molecule has 1 aromatic heterocycles. The summed E-state index contributed by atoms with van der Waals surface area (Å²) in [5.41, 5.74) is 1.92. The van der Waals surface area contributed by atoms with Gasteiger partial charge in [0.1, 0.15) is 5.75 Å². The molecular formula is C12H9F2NO. The Morgan fingerprint density at radius 1 is 0.875 bits per heavy atom. The summed E-state index contributed by atoms with van der Waals surface area (Å²) in [7, 11) is 0. The van der Waals surface area contributed by atoms with Crippen molar-refractivity contribution in [3.8, 4) is 16.9 Å². The highest BCUT2D eigenvalue weighted by molar-refractivity contribution is 5.63. The Kier molecular flexibility index (Phi) is 3.10. The van der Waals surface area contributed by atoms with Gasteiger partial charge in [-0.25, -0.2) is 0 Å². The summed E-state index contributed by atoms with van der Waals surface area (Å²) in [6, 6.07) is 10.2. The second kappa shape index (κ2) is 4.70. The number of hydrogen-bond acceptors (Lipinski definition) is 2. The summed E-state index contributed by atoms with van der Waals surface area (Å²) in [5.74, 6) is 0.160. The zero-order chi connectivity index (χ0) is 11.4. The molecule has 1 aromatic carbocycles. The highest BCUT2D eigenvalue weighted by Crippen LogP contribution is 2.22. The average molecular weight is 221 g/mol. The van der Waals surface area contributed by atoms with Crippen molar-refractivity contribution in [2.75, 3.05) is 0 Å². The van der Waals surface area contributed by atoms with Gasteiger partial charge < -0.3 is 4.74 Å². The molecule has 16 heavy (non-hydrogen) atoms. The molecule has 0 radical (unpaired) electrons. The van der Waals surface area contributed by atoms with Crippen LogP contribution in [-0.2, 0) is 0 Å². The van der Waals surface area contributed by atoms with E-state index in [4.69, 9.17) is 0 Å². The Balaban J connectivity index is 2.20. The molecule has 0 amide bonds. The first-order valence-electron chi connectivity index (χ1n) is 4.71. The van der Waals surface area contributed by atoms with E-state index < -0.39 is 6.61 Å². The zero-order valence-electron chi connectivity index (χ0n) is 8.31. The molecular weight excluding hydrogens is 212 g/mol. The maximum atomic E-state index is 11.9. The van der Waals surface area contributed by atoms with E-state index in [1.807, 2.05) is 12.1 Å². The van der Waals surface area contributed by atoms with E-state index in [2.05, 4.69) is 9.72 Å². The largest absolute Gasteiger partial charge is 0.435 e. The SMILES string of the molecule is FC(F)Oc1ccc(-c2ccncc2)cc1. The van der Waals surface area contributed by atoms with Gasteiger partial charge in [-0.3, -0.25) is 4.98 Å². The van der Waals surface area contributed by atoms with E-state index in [1.165, 1.54) is 12.1 Å². The molecule has 4 heteroatoms. The quantitative estimate of drug-likeness (QED) is 0.792. The van der Waals surface area contributed by atoms with Crippen LogP contribution in [0, 0.1) is 0 Å². The maximum Gasteiger partial charge on any atom is 0.387 e. The van der Waals surface area contributed by atoms with Gasteiger partial charge in [0.2, 0.25) is 0 Å². The first kappa shape index (κ1) is 10.5. The summed E-state index contributed by atoms with van der Waals surface area (Å²) < 4.78 is 28.1. The molecule has 0 N–H and O–H groups in total. The summed E-state index contributed by atoms with van der Waals surface area (Å²) in [4.78, 5) is 3.90. The van der Waals surface area contributed by atoms with E-state index in [-0.39, 0.29) is 5.75 Å². The fraction of sp³-hybridized carbons (Fsp3) is 0.0833. The van der Waals surface area contributed by atoms with Gasteiger partial charge in [0.05, 0.1) is 0 Å². The molecule has 0 spiro atoms. The third kappa shape index (κ3) is 2.53. The minimum absolute atomic E-state index is 0.160. The number of nitrogens with zero attached hydrogens (tertiary/aromatic N) is 1. The van der Waals surface area contributed by atoms with E-state index in [1.54, 1.807) is 24.5 Å². The standard InChI is InChI=1S/C12H9F2NO/c13-12(14)16-11-3-1-9(2-4-11)10-5-7-15-8-6-10/h1-8,12H. The van der Waals surface area contributed by atoms with Gasteiger partial charge in [0.25, 0.3) is 0 Å². The second-order valence-electron chi connectivity index (χ2n) is 3.14. The fourth-order valence-corrected chi connectivity index (χ4v) is 1.37. The molecule has 2 nitrogen and oxygen atoms in total. The van der Waals surface area contributed by atoms with Crippen LogP contribution in [0.1, 0.15) is 0 Å². The van der Waals surface area contributed by atoms with Crippen LogP contribution in [-0.4, -0.2) is 11.6 Å². The number of halogens is 2. The lowest BCUT2D eigenvalue weighted by molar-refractivity contribution is -0.0498. The number of ether oxygens (including phenoxy) is 1. The Bertz CT molecular complexity index is 442. The first-order chi connectivity index (χ1) is 7.75. The first-order valence-corrected chi connectivity index (χ1v) is 4.71. The molecule has 0 aliphatic carbocycles. The predicted molar refractivity (Wildman–Crippen MR) is 56.3 cm³/mol. The van der Waals surface area contributed by atoms with Crippen molar-refractivity contribution in [1.82, 2.24) is 4.98 Å². The van der Waals surface area contributed by atoms with Crippen LogP contribution in [0.3, 0.4) is 0 Å². The highest BCUT2D eigenvalue weighted by atomic mass is 19.3. The summed E-state index contributed by atoms with van der Waals surface area (Å²) in [6.45, 7) is -2.79. The predicted octanol–water partition coefficient (Wildman–Crippen LogP) is 3.35. The fourth-order valence-electron chi connectivity index (χ4n) is 1.37. The zero-order valence-corrected chi connectivity index (χ0v) is 8.31. The third-order valence-corrected chi connectivity index (χ3v) is 2.09. The number of hydrogen-bond donors (Lipinski definition) is 0. The summed E-state index contributed by atoms with van der Waals surface area (Å²) >= 11 is 0. The number of rotatable bonds is 3. The van der Waals surface area contributed by atoms with E-state index in [0.29, 0.717) is 0 Å². The Morgan fingerprint density at radius 3 is 2.00 bits per heavy atom. The van der Waals surface area contributed by atoms with Crippen molar-refractivity contribution in [2.45, 2.75) is 6.61 Å². The van der Waals surface area contributed by atoms with Crippen molar-refractivity contribution >= 4 is 0 Å². The van der Waals surface area contributed by atoms with Crippen molar-refractivity contribution in [1.29, 1.82) is 0 Å². The van der Waals surface area contributed by atoms with Gasteiger partial charge in [-0.05, 0) is 35.4 Å². The molecule has 2 aromatic rings. The van der Waals surface area contributed by atoms with E-state index in [0.717, 1.165) is 11.1 Å². The van der Waals surface area contributed by atoms with Crippen LogP contribution in [0.5, 0.6) is 5.75 Å². The monoisotopic (exact) mass is 221 g/mol. The Morgan fingerprint density at radius 2 is 1.44 bits per heavy atom. The van der Waals surface area contributed by atoms with Crippen molar-refractivity contribution in [2.24, 2.45) is 0 Å². The van der Waals surface area contributed by atoms with Gasteiger partial charge in [0, 0.05) is 12.4 Å². The minimum atomic E-state index is -2.79. The molecule has 0 saturated carbocycles. The Labute approximate surface area is 91.5 Å². The van der Waals surface area contributed by atoms with Gasteiger partial charge in [-0.2, -0.15) is 8.78 Å². The smallest absolute Gasteiger partial charge is 0.387 e. The van der Waals surface area contributed by atoms with E-state index in [9.17, 15) is 8.78 Å². The van der Waals surface area contributed by atoms with Gasteiger partial charge in [-0.15, -0.1) is 0 Å². The summed E-state index contributed by atoms with van der Waals surface area (Å²) in [5, 5.41) is 0. The maximum absolute atomic E-state index is 11.9. The van der Waals surface area contributed by atoms with Crippen LogP contribution in [0.25, 0.3) is 11.1 Å². The molecule has 2 rings (SSSR count). The molecule has 1 heterocycles. The normalized spacial score (nSPS) is 10.4. The summed E-state index contributed by atoms with van der Waals surface area (Å²) in [6.07, 6.45) is 3.36. The van der Waals surface area contributed by atoms with Gasteiger partial charge in [0.15, 0.2) is 0 Å². The van der Waals surface area contributed by atoms with Crippen molar-refractivity contribution in [3.63, 3.8) is 0 Å². The molecule has 0 bridgehead atoms. The Hall–Kier alpha value is -1.97. The third-order valence-electron chi connectivity index (χ3n) is 2.09. The highest BCUT2D eigenvalue weighted by Gasteiger charge is 2.04. The topological polar surface area (TPSA) is 22.1 Å². The second-order valence-corrected chi connectivity index (χ2v) is 3.14. The lowest BCUT2D eigenvalue weighted by atomic mass is 10.1. The van der Waals surface area contributed by atoms with Gasteiger partial charge >= 0.3 is 6.61 Å². The van der Waals surface area contributed by atoms with Crippen LogP contribution < -0.4 is 4.74 Å². The van der Waals surface area contributed by atoms with Crippen LogP contribution in [0.15, 0.2) is 48.8 Å². The van der Waals surface area contributed by atoms with Gasteiger partial charge in [-0.1, -0.05) is 12.1 Å². The van der Waals surface area contributed by atoms with Crippen molar-refractivity contribution in [3.05, 3.63) is 48.8 Å². The number of benzene rings is 1. The van der Waals surface area contributed by atoms with Crippen LogP contribution in [0.4, 0.5) is 8.78 Å². The van der Waals surface area contributed by atoms with Crippen LogP contribution >= 0.6 is 0 Å². The molecule has 0 fully saturated rings. The minimum Gasteiger partial charge on any atom is -0.435 e. The van der Waals surface area contributed by atoms with Crippen molar-refractivity contribution < 1.29 is 13.5 Å². The lowest BCUT2D eigenvalue weighted by Gasteiger charge is -2.05. The molecule has 0 aliphatic heterocycles. The molecule has 0 aliphatic rings. The van der Waals surface area contributed by atoms with E-state index >= 15 is 0 Å². The number of alkyl halides is 2. The molecule has 0 unspecified atom stereocenters. The molecule has 0 atom stereocenters. The lowest BCUT2D eigenvalue weighted by Crippen LogP contribution is -2.01. The molecule has 82 valence electrons. The molecule has 0 saturated heterocycles. The number of aromatic nitrogens is 1. The average Bonchev–Trinajstić information content (AvgIpc) is 2.30. The number of pyridine rings is 1.